The summed E-state index contributed by atoms with van der Waals surface area (Å²) in [6.45, 7) is 0.429. The number of anilines is 2. The number of fused-ring (bicyclic) bond motifs is 1. The molecule has 3 heterocycles. The summed E-state index contributed by atoms with van der Waals surface area (Å²) < 4.78 is 0. The van der Waals surface area contributed by atoms with Crippen molar-refractivity contribution in [3.05, 3.63) is 52.1 Å². The number of nitrogen functional groups attached to an aromatic ring is 1. The van der Waals surface area contributed by atoms with Crippen molar-refractivity contribution >= 4 is 93.4 Å². The molecule has 0 radical (unpaired) electrons. The molecule has 4 rings (SSSR count). The number of likely N-dealkylation sites (tertiary alicyclic amines) is 1. The first-order valence-electron chi connectivity index (χ1n) is 19.1. The highest BCUT2D eigenvalue weighted by Gasteiger charge is 2.40. The third-order valence-corrected chi connectivity index (χ3v) is 10.9. The second-order valence-corrected chi connectivity index (χ2v) is 15.6. The molecule has 3 aromatic rings. The molecule has 1 aromatic carbocycles. The smallest absolute Gasteiger partial charge is 0.326 e. The molecule has 2 aromatic heterocycles. The number of aromatic amines is 1. The van der Waals surface area contributed by atoms with Crippen molar-refractivity contribution in [3.63, 3.8) is 0 Å². The van der Waals surface area contributed by atoms with E-state index in [0.717, 1.165) is 16.7 Å². The number of nitrogens with one attached hydrogen (secondary N) is 4. The van der Waals surface area contributed by atoms with E-state index in [2.05, 4.69) is 35.9 Å². The highest BCUT2D eigenvalue weighted by molar-refractivity contribution is 8.00. The molecule has 25 heteroatoms. The van der Waals surface area contributed by atoms with Crippen LogP contribution in [0, 0.1) is 11.8 Å². The average Bonchev–Trinajstić information content (AvgIpc) is 3.48. The summed E-state index contributed by atoms with van der Waals surface area (Å²) in [4.78, 5) is 152. The molecule has 63 heavy (non-hydrogen) atoms. The van der Waals surface area contributed by atoms with Crippen LogP contribution in [-0.4, -0.2) is 135 Å². The second-order valence-electron chi connectivity index (χ2n) is 14.4. The number of imide groups is 1. The van der Waals surface area contributed by atoms with Gasteiger partial charge in [-0.15, -0.1) is 11.8 Å². The van der Waals surface area contributed by atoms with Crippen LogP contribution in [-0.2, 0) is 49.7 Å². The molecular weight excluding hydrogens is 853 g/mol. The summed E-state index contributed by atoms with van der Waals surface area (Å²) in [5.41, 5.74) is 11.8. The Morgan fingerprint density at radius 3 is 2.24 bits per heavy atom. The van der Waals surface area contributed by atoms with Gasteiger partial charge in [0.15, 0.2) is 16.9 Å². The Hall–Kier alpha value is -7.15. The summed E-state index contributed by atoms with van der Waals surface area (Å²) in [6.07, 6.45) is -2.00. The number of carboxylic acid groups (broad SMARTS) is 3. The molecule has 11 N–H and O–H groups in total. The predicted octanol–water partition coefficient (Wildman–Crippen LogP) is -1.53. The number of ketones is 3. The molecule has 0 spiro atoms. The lowest BCUT2D eigenvalue weighted by atomic mass is 9.95. The molecule has 0 aliphatic carbocycles. The first kappa shape index (κ1) is 48.5. The van der Waals surface area contributed by atoms with Crippen LogP contribution in [0.3, 0.4) is 0 Å². The lowest BCUT2D eigenvalue weighted by molar-refractivity contribution is -0.144. The normalized spacial score (nSPS) is 15.5. The Bertz CT molecular complexity index is 2360. The lowest BCUT2D eigenvalue weighted by Crippen LogP contribution is -2.47. The number of aliphatic carboxylic acids is 3. The first-order valence-corrected chi connectivity index (χ1v) is 20.1. The van der Waals surface area contributed by atoms with Gasteiger partial charge in [-0.2, -0.15) is 4.98 Å². The monoisotopic (exact) mass is 896 g/mol. The number of H-pyrrole nitrogens is 1. The highest BCUT2D eigenvalue weighted by atomic mass is 32.2. The zero-order chi connectivity index (χ0) is 46.5. The molecule has 4 amide bonds. The van der Waals surface area contributed by atoms with Crippen molar-refractivity contribution in [1.29, 1.82) is 0 Å². The molecular formula is C38H44N10O14S. The van der Waals surface area contributed by atoms with Gasteiger partial charge in [-0.05, 0) is 37.6 Å². The maximum atomic E-state index is 13.2. The van der Waals surface area contributed by atoms with Crippen LogP contribution in [0.5, 0.6) is 0 Å². The summed E-state index contributed by atoms with van der Waals surface area (Å²) in [6, 6.07) is 2.61. The van der Waals surface area contributed by atoms with Crippen molar-refractivity contribution in [1.82, 2.24) is 35.5 Å². The molecule has 1 saturated heterocycles. The number of carbonyl (C=O) groups is 10. The zero-order valence-corrected chi connectivity index (χ0v) is 34.3. The number of carboxylic acids is 3. The molecule has 1 aliphatic rings. The van der Waals surface area contributed by atoms with Crippen LogP contribution in [0.15, 0.2) is 35.3 Å². The number of rotatable bonds is 25. The minimum absolute atomic E-state index is 0.00854. The van der Waals surface area contributed by atoms with E-state index in [-0.39, 0.29) is 47.8 Å². The minimum atomic E-state index is -1.74. The van der Waals surface area contributed by atoms with Crippen molar-refractivity contribution in [2.45, 2.75) is 69.3 Å². The number of nitrogens with zero attached hydrogens (tertiary/aromatic N) is 4. The minimum Gasteiger partial charge on any atom is -0.481 e. The van der Waals surface area contributed by atoms with Crippen LogP contribution < -0.4 is 33.0 Å². The van der Waals surface area contributed by atoms with Gasteiger partial charge < -0.3 is 42.7 Å². The number of carbonyl (C=O) groups excluding carboxylic acids is 7. The third kappa shape index (κ3) is 13.9. The van der Waals surface area contributed by atoms with Crippen LogP contribution >= 0.6 is 11.8 Å². The Morgan fingerprint density at radius 1 is 0.921 bits per heavy atom. The van der Waals surface area contributed by atoms with E-state index in [1.165, 1.54) is 37.4 Å². The van der Waals surface area contributed by atoms with Crippen molar-refractivity contribution < 1.29 is 63.3 Å². The quantitative estimate of drug-likeness (QED) is 0.0436. The Kier molecular flexibility index (Phi) is 17.0. The molecule has 0 bridgehead atoms. The molecule has 1 unspecified atom stereocenters. The summed E-state index contributed by atoms with van der Waals surface area (Å²) in [7, 11) is 0. The number of nitrogens with two attached hydrogens (primary N) is 2. The van der Waals surface area contributed by atoms with Gasteiger partial charge in [0.1, 0.15) is 17.6 Å². The SMILES string of the molecule is CC(=O)CN1C(=O)CC(SC[C@H](CC(=O)[C@H](CC(=O)O)NC(=O)[C@H](CN)CC(=O)CC[C@H](NC(=O)c2ccc(NCc3cnc4nc(N)[nH]c(=O)c4n3)cc2)C(=O)O)C(=O)O)C1=O. The van der Waals surface area contributed by atoms with Crippen LogP contribution in [0.25, 0.3) is 11.2 Å². The molecule has 1 fully saturated rings. The molecule has 5 atom stereocenters. The lowest BCUT2D eigenvalue weighted by Gasteiger charge is -2.22. The van der Waals surface area contributed by atoms with Crippen molar-refractivity contribution in [2.24, 2.45) is 17.6 Å². The van der Waals surface area contributed by atoms with E-state index in [0.29, 0.717) is 11.4 Å². The fraction of sp³-hybridized carbons (Fsp3) is 0.421. The average molecular weight is 897 g/mol. The van der Waals surface area contributed by atoms with Crippen LogP contribution in [0.4, 0.5) is 11.6 Å². The van der Waals surface area contributed by atoms with Crippen molar-refractivity contribution in [2.75, 3.05) is 29.9 Å². The van der Waals surface area contributed by atoms with E-state index in [1.54, 1.807) is 0 Å². The molecule has 1 aliphatic heterocycles. The van der Waals surface area contributed by atoms with Gasteiger partial charge in [0.05, 0.1) is 54.5 Å². The topological polar surface area (TPSA) is 394 Å². The van der Waals surface area contributed by atoms with Crippen LogP contribution in [0.1, 0.15) is 61.5 Å². The van der Waals surface area contributed by atoms with E-state index in [4.69, 9.17) is 11.5 Å². The van der Waals surface area contributed by atoms with Gasteiger partial charge in [0.25, 0.3) is 11.5 Å². The van der Waals surface area contributed by atoms with Crippen LogP contribution in [0.2, 0.25) is 0 Å². The Morgan fingerprint density at radius 2 is 1.62 bits per heavy atom. The molecule has 336 valence electrons. The fourth-order valence-corrected chi connectivity index (χ4v) is 7.42. The molecule has 0 saturated carbocycles. The zero-order valence-electron chi connectivity index (χ0n) is 33.5. The number of hydrogen-bond acceptors (Lipinski definition) is 18. The number of benzene rings is 1. The fourth-order valence-electron chi connectivity index (χ4n) is 6.17. The van der Waals surface area contributed by atoms with E-state index < -0.39 is 132 Å². The number of thioether (sulfide) groups is 1. The Labute approximate surface area is 360 Å². The molecule has 24 nitrogen and oxygen atoms in total. The van der Waals surface area contributed by atoms with Gasteiger partial charge in [-0.3, -0.25) is 57.8 Å². The number of amides is 4. The van der Waals surface area contributed by atoms with E-state index in [1.807, 2.05) is 0 Å². The Balaban J connectivity index is 1.28. The third-order valence-electron chi connectivity index (χ3n) is 9.51. The van der Waals surface area contributed by atoms with Gasteiger partial charge in [0, 0.05) is 49.2 Å². The number of Topliss-reactive ketones (excluding diaryl/α,β-unsaturated/α-hetero) is 3. The predicted molar refractivity (Wildman–Crippen MR) is 220 cm³/mol. The number of hydrogen-bond donors (Lipinski definition) is 9. The maximum Gasteiger partial charge on any atom is 0.326 e. The standard InChI is InChI=1S/C38H44N10O14S/c1-17(49)15-48-28(52)11-27(35(48)58)63-16-20(36(59)60)9-26(51)25(10-29(53)54)45-33(56)19(12-39)8-23(50)6-7-24(37(61)62)44-32(55)18-2-4-21(5-3-18)41-13-22-14-42-31-30(43-22)34(57)47-38(40)46-31/h2-5,14,19-20,24-25,27,41H,6-13,15-16,39H2,1H3,(H,44,55)(H,45,56)(H,53,54)(H,59,60)(H,61,62)(H3,40,42,46,47,57)/t19-,20-,24-,25-,27?/m0/s1. The maximum absolute atomic E-state index is 13.2. The van der Waals surface area contributed by atoms with Gasteiger partial charge in [-0.25, -0.2) is 14.8 Å². The number of aromatic nitrogens is 4. The van der Waals surface area contributed by atoms with E-state index in [9.17, 15) is 68.1 Å². The second kappa shape index (κ2) is 22.1. The largest absolute Gasteiger partial charge is 0.481 e. The first-order chi connectivity index (χ1) is 29.8. The van der Waals surface area contributed by atoms with E-state index >= 15 is 0 Å². The van der Waals surface area contributed by atoms with Gasteiger partial charge in [-0.1, -0.05) is 0 Å². The van der Waals surface area contributed by atoms with Gasteiger partial charge in [0.2, 0.25) is 23.7 Å². The van der Waals surface area contributed by atoms with Crippen molar-refractivity contribution in [3.8, 4) is 0 Å². The summed E-state index contributed by atoms with van der Waals surface area (Å²) in [5, 5.41) is 35.6. The van der Waals surface area contributed by atoms with Gasteiger partial charge >= 0.3 is 17.9 Å². The summed E-state index contributed by atoms with van der Waals surface area (Å²) >= 11 is 0.781. The highest BCUT2D eigenvalue weighted by Crippen LogP contribution is 2.28. The summed E-state index contributed by atoms with van der Waals surface area (Å²) in [5.74, 6) is -12.9.